The Morgan fingerprint density at radius 1 is 1.31 bits per heavy atom. The molecule has 1 fully saturated rings. The highest BCUT2D eigenvalue weighted by Gasteiger charge is 2.34. The maximum absolute atomic E-state index is 12.4. The zero-order valence-corrected chi connectivity index (χ0v) is 16.9. The minimum Gasteiger partial charge on any atom is -0.440 e. The van der Waals surface area contributed by atoms with Crippen LogP contribution in [-0.2, 0) is 11.2 Å². The lowest BCUT2D eigenvalue weighted by atomic mass is 9.90. The summed E-state index contributed by atoms with van der Waals surface area (Å²) in [4.78, 5) is 18.8. The second-order valence-corrected chi connectivity index (χ2v) is 6.97. The van der Waals surface area contributed by atoms with Crippen molar-refractivity contribution in [3.8, 4) is 11.3 Å². The number of nitrogens with zero attached hydrogens (tertiary/aromatic N) is 2. The van der Waals surface area contributed by atoms with E-state index in [1.807, 2.05) is 42.2 Å². The Bertz CT molecular complexity index is 721. The molecule has 3 rings (SSSR count). The van der Waals surface area contributed by atoms with E-state index in [1.54, 1.807) is 0 Å². The molecule has 0 spiro atoms. The van der Waals surface area contributed by atoms with Crippen LogP contribution in [0.25, 0.3) is 11.3 Å². The molecule has 1 saturated heterocycles. The quantitative estimate of drug-likeness (QED) is 0.832. The van der Waals surface area contributed by atoms with Gasteiger partial charge in [0.05, 0.1) is 5.69 Å². The van der Waals surface area contributed by atoms with Crippen LogP contribution in [0.3, 0.4) is 0 Å². The van der Waals surface area contributed by atoms with E-state index in [2.05, 4.69) is 11.9 Å². The SMILES string of the molecule is Cc1nc(CCC(=O)N2CCC(C)(CN)C2)oc1-c1ccccc1.Cl.Cl. The van der Waals surface area contributed by atoms with Gasteiger partial charge in [0.25, 0.3) is 0 Å². The number of rotatable bonds is 5. The summed E-state index contributed by atoms with van der Waals surface area (Å²) in [6.45, 7) is 6.25. The van der Waals surface area contributed by atoms with Crippen LogP contribution < -0.4 is 5.73 Å². The molecule has 2 heterocycles. The van der Waals surface area contributed by atoms with E-state index in [9.17, 15) is 4.79 Å². The molecule has 7 heteroatoms. The summed E-state index contributed by atoms with van der Waals surface area (Å²) in [6.07, 6.45) is 1.93. The fraction of sp³-hybridized carbons (Fsp3) is 0.474. The van der Waals surface area contributed by atoms with Crippen molar-refractivity contribution in [2.75, 3.05) is 19.6 Å². The summed E-state index contributed by atoms with van der Waals surface area (Å²) in [7, 11) is 0. The van der Waals surface area contributed by atoms with Gasteiger partial charge in [-0.25, -0.2) is 4.98 Å². The van der Waals surface area contributed by atoms with Crippen molar-refractivity contribution in [3.05, 3.63) is 41.9 Å². The van der Waals surface area contributed by atoms with Crippen LogP contribution in [0.5, 0.6) is 0 Å². The summed E-state index contributed by atoms with van der Waals surface area (Å²) >= 11 is 0. The average molecular weight is 400 g/mol. The monoisotopic (exact) mass is 399 g/mol. The van der Waals surface area contributed by atoms with E-state index in [1.165, 1.54) is 0 Å². The number of nitrogens with two attached hydrogens (primary N) is 1. The Labute approximate surface area is 167 Å². The van der Waals surface area contributed by atoms with E-state index < -0.39 is 0 Å². The van der Waals surface area contributed by atoms with Crippen LogP contribution in [0, 0.1) is 12.3 Å². The molecule has 0 bridgehead atoms. The lowest BCUT2D eigenvalue weighted by Gasteiger charge is -2.22. The summed E-state index contributed by atoms with van der Waals surface area (Å²) < 4.78 is 5.87. The number of hydrogen-bond donors (Lipinski definition) is 1. The van der Waals surface area contributed by atoms with Gasteiger partial charge in [0.1, 0.15) is 0 Å². The van der Waals surface area contributed by atoms with Crippen molar-refractivity contribution in [2.24, 2.45) is 11.1 Å². The number of halogens is 2. The fourth-order valence-electron chi connectivity index (χ4n) is 3.19. The molecule has 144 valence electrons. The van der Waals surface area contributed by atoms with Crippen LogP contribution in [0.2, 0.25) is 0 Å². The summed E-state index contributed by atoms with van der Waals surface area (Å²) in [6, 6.07) is 9.92. The minimum atomic E-state index is 0. The van der Waals surface area contributed by atoms with E-state index >= 15 is 0 Å². The summed E-state index contributed by atoms with van der Waals surface area (Å²) in [5.74, 6) is 1.57. The third-order valence-electron chi connectivity index (χ3n) is 4.83. The maximum Gasteiger partial charge on any atom is 0.223 e. The molecule has 1 aliphatic heterocycles. The smallest absolute Gasteiger partial charge is 0.223 e. The van der Waals surface area contributed by atoms with Gasteiger partial charge in [0.15, 0.2) is 11.7 Å². The standard InChI is InChI=1S/C19H25N3O2.2ClH/c1-14-18(15-6-4-3-5-7-15)24-16(21-14)8-9-17(23)22-11-10-19(2,12-20)13-22;;/h3-7H,8-13,20H2,1-2H3;2*1H. The number of likely N-dealkylation sites (tertiary alicyclic amines) is 1. The number of carbonyl (C=O) groups excluding carboxylic acids is 1. The van der Waals surface area contributed by atoms with Gasteiger partial charge >= 0.3 is 0 Å². The molecule has 1 unspecified atom stereocenters. The number of oxazole rings is 1. The Kier molecular flexibility index (Phi) is 8.13. The average Bonchev–Trinajstić information content (AvgIpc) is 3.17. The third kappa shape index (κ3) is 5.00. The van der Waals surface area contributed by atoms with Crippen molar-refractivity contribution in [1.82, 2.24) is 9.88 Å². The lowest BCUT2D eigenvalue weighted by Crippen LogP contribution is -2.34. The second-order valence-electron chi connectivity index (χ2n) is 6.97. The maximum atomic E-state index is 12.4. The fourth-order valence-corrected chi connectivity index (χ4v) is 3.19. The molecule has 0 aliphatic carbocycles. The van der Waals surface area contributed by atoms with Crippen LogP contribution in [0.4, 0.5) is 0 Å². The lowest BCUT2D eigenvalue weighted by molar-refractivity contribution is -0.130. The van der Waals surface area contributed by atoms with Gasteiger partial charge in [0.2, 0.25) is 5.91 Å². The minimum absolute atomic E-state index is 0. The first kappa shape index (κ1) is 22.5. The molecular formula is C19H27Cl2N3O2. The number of aromatic nitrogens is 1. The van der Waals surface area contributed by atoms with E-state index in [0.29, 0.717) is 25.3 Å². The highest BCUT2D eigenvalue weighted by atomic mass is 35.5. The van der Waals surface area contributed by atoms with Gasteiger partial charge in [-0.15, -0.1) is 24.8 Å². The van der Waals surface area contributed by atoms with E-state index in [-0.39, 0.29) is 36.1 Å². The first-order chi connectivity index (χ1) is 11.5. The largest absolute Gasteiger partial charge is 0.440 e. The van der Waals surface area contributed by atoms with Gasteiger partial charge in [-0.3, -0.25) is 4.79 Å². The van der Waals surface area contributed by atoms with Crippen LogP contribution in [0.1, 0.15) is 31.4 Å². The van der Waals surface area contributed by atoms with Gasteiger partial charge in [-0.1, -0.05) is 37.3 Å². The number of aryl methyl sites for hydroxylation is 2. The van der Waals surface area contributed by atoms with E-state index in [0.717, 1.165) is 36.5 Å². The molecular weight excluding hydrogens is 373 g/mol. The zero-order valence-electron chi connectivity index (χ0n) is 15.2. The normalized spacial score (nSPS) is 19.0. The molecule has 2 aromatic rings. The number of amides is 1. The second kappa shape index (κ2) is 9.40. The van der Waals surface area contributed by atoms with Crippen LogP contribution in [0.15, 0.2) is 34.7 Å². The van der Waals surface area contributed by atoms with Crippen LogP contribution >= 0.6 is 24.8 Å². The molecule has 1 aliphatic rings. The van der Waals surface area contributed by atoms with Gasteiger partial charge in [0, 0.05) is 31.5 Å². The van der Waals surface area contributed by atoms with E-state index in [4.69, 9.17) is 10.2 Å². The predicted molar refractivity (Wildman–Crippen MR) is 108 cm³/mol. The highest BCUT2D eigenvalue weighted by molar-refractivity contribution is 5.85. The van der Waals surface area contributed by atoms with Crippen molar-refractivity contribution >= 4 is 30.7 Å². The summed E-state index contributed by atoms with van der Waals surface area (Å²) in [5, 5.41) is 0. The zero-order chi connectivity index (χ0) is 17.2. The van der Waals surface area contributed by atoms with Gasteiger partial charge < -0.3 is 15.1 Å². The molecule has 1 amide bonds. The molecule has 0 saturated carbocycles. The van der Waals surface area contributed by atoms with Crippen molar-refractivity contribution in [2.45, 2.75) is 33.1 Å². The topological polar surface area (TPSA) is 72.4 Å². The van der Waals surface area contributed by atoms with Gasteiger partial charge in [-0.2, -0.15) is 0 Å². The van der Waals surface area contributed by atoms with Gasteiger partial charge in [-0.05, 0) is 25.3 Å². The third-order valence-corrected chi connectivity index (χ3v) is 4.83. The van der Waals surface area contributed by atoms with Crippen molar-refractivity contribution in [3.63, 3.8) is 0 Å². The Morgan fingerprint density at radius 2 is 2.00 bits per heavy atom. The molecule has 0 radical (unpaired) electrons. The Balaban J connectivity index is 0.00000169. The first-order valence-electron chi connectivity index (χ1n) is 8.50. The predicted octanol–water partition coefficient (Wildman–Crippen LogP) is 3.62. The molecule has 1 atom stereocenters. The number of carbonyl (C=O) groups is 1. The molecule has 2 N–H and O–H groups in total. The Hall–Kier alpha value is -1.56. The molecule has 1 aromatic carbocycles. The first-order valence-corrected chi connectivity index (χ1v) is 8.50. The highest BCUT2D eigenvalue weighted by Crippen LogP contribution is 2.29. The number of benzene rings is 1. The molecule has 26 heavy (non-hydrogen) atoms. The molecule has 1 aromatic heterocycles. The van der Waals surface area contributed by atoms with Crippen LogP contribution in [-0.4, -0.2) is 35.4 Å². The molecule has 5 nitrogen and oxygen atoms in total. The summed E-state index contributed by atoms with van der Waals surface area (Å²) in [5.41, 5.74) is 7.75. The number of hydrogen-bond acceptors (Lipinski definition) is 4. The van der Waals surface area contributed by atoms with Crippen molar-refractivity contribution < 1.29 is 9.21 Å². The Morgan fingerprint density at radius 3 is 2.62 bits per heavy atom. The van der Waals surface area contributed by atoms with Crippen molar-refractivity contribution in [1.29, 1.82) is 0 Å².